The van der Waals surface area contributed by atoms with E-state index < -0.39 is 6.04 Å². The lowest BCUT2D eigenvalue weighted by Gasteiger charge is -2.31. The standard InChI is InChI=1S/C25H28N4O5S/c1-34-15-14-27-25(33)24(18-7-9-19(30)10-8-18)29(17-20-5-4-16-35-20)23(32)12-11-22(31)28-21-6-2-3-13-26-21/h2-10,13,16,24,30H,11-12,14-15,17H2,1H3,(H,27,33)(H,26,28,31). The molecule has 2 aromatic heterocycles. The van der Waals surface area contributed by atoms with E-state index in [1.54, 1.807) is 36.5 Å². The van der Waals surface area contributed by atoms with Gasteiger partial charge in [0.1, 0.15) is 17.6 Å². The smallest absolute Gasteiger partial charge is 0.247 e. The van der Waals surface area contributed by atoms with Gasteiger partial charge in [-0.05, 0) is 41.3 Å². The van der Waals surface area contributed by atoms with Gasteiger partial charge in [0, 0.05) is 37.6 Å². The summed E-state index contributed by atoms with van der Waals surface area (Å²) in [6, 6.07) is 14.1. The van der Waals surface area contributed by atoms with Crippen LogP contribution in [0.1, 0.15) is 29.3 Å². The summed E-state index contributed by atoms with van der Waals surface area (Å²) < 4.78 is 5.02. The van der Waals surface area contributed by atoms with E-state index in [2.05, 4.69) is 15.6 Å². The molecule has 0 aliphatic rings. The van der Waals surface area contributed by atoms with Gasteiger partial charge in [-0.2, -0.15) is 0 Å². The van der Waals surface area contributed by atoms with Crippen LogP contribution in [-0.4, -0.2) is 53.0 Å². The lowest BCUT2D eigenvalue weighted by molar-refractivity contribution is -0.142. The number of ether oxygens (including phenoxy) is 1. The molecule has 0 saturated carbocycles. The van der Waals surface area contributed by atoms with Gasteiger partial charge >= 0.3 is 0 Å². The van der Waals surface area contributed by atoms with Crippen LogP contribution in [0.3, 0.4) is 0 Å². The van der Waals surface area contributed by atoms with Crippen LogP contribution < -0.4 is 10.6 Å². The summed E-state index contributed by atoms with van der Waals surface area (Å²) in [6.45, 7) is 0.791. The normalized spacial score (nSPS) is 11.5. The van der Waals surface area contributed by atoms with Crippen molar-refractivity contribution < 1.29 is 24.2 Å². The predicted octanol–water partition coefficient (Wildman–Crippen LogP) is 3.10. The average molecular weight is 497 g/mol. The van der Waals surface area contributed by atoms with Crippen LogP contribution >= 0.6 is 11.3 Å². The lowest BCUT2D eigenvalue weighted by Crippen LogP contribution is -2.44. The Kier molecular flexibility index (Phi) is 9.76. The van der Waals surface area contributed by atoms with Gasteiger partial charge in [0.25, 0.3) is 0 Å². The van der Waals surface area contributed by atoms with Crippen molar-refractivity contribution in [1.82, 2.24) is 15.2 Å². The number of phenols is 1. The molecule has 35 heavy (non-hydrogen) atoms. The number of nitrogens with zero attached hydrogens (tertiary/aromatic N) is 2. The number of pyridine rings is 1. The van der Waals surface area contributed by atoms with E-state index >= 15 is 0 Å². The monoisotopic (exact) mass is 496 g/mol. The SMILES string of the molecule is COCCNC(=O)C(c1ccc(O)cc1)N(Cc1cccs1)C(=O)CCC(=O)Nc1ccccn1. The second-order valence-electron chi connectivity index (χ2n) is 7.64. The minimum Gasteiger partial charge on any atom is -0.508 e. The number of nitrogens with one attached hydrogen (secondary N) is 2. The Morgan fingerprint density at radius 3 is 2.54 bits per heavy atom. The summed E-state index contributed by atoms with van der Waals surface area (Å²) >= 11 is 1.47. The van der Waals surface area contributed by atoms with Crippen molar-refractivity contribution in [3.8, 4) is 5.75 Å². The molecule has 3 rings (SSSR count). The van der Waals surface area contributed by atoms with Gasteiger partial charge in [0.15, 0.2) is 0 Å². The van der Waals surface area contributed by atoms with Crippen molar-refractivity contribution >= 4 is 34.9 Å². The number of phenolic OH excluding ortho intramolecular Hbond substituents is 1. The van der Waals surface area contributed by atoms with Gasteiger partial charge in [-0.3, -0.25) is 14.4 Å². The van der Waals surface area contributed by atoms with Gasteiger partial charge in [-0.1, -0.05) is 24.3 Å². The van der Waals surface area contributed by atoms with Crippen molar-refractivity contribution in [3.05, 3.63) is 76.6 Å². The van der Waals surface area contributed by atoms with Crippen molar-refractivity contribution in [2.45, 2.75) is 25.4 Å². The maximum Gasteiger partial charge on any atom is 0.247 e. The fourth-order valence-electron chi connectivity index (χ4n) is 3.40. The number of aromatic nitrogens is 1. The molecular weight excluding hydrogens is 468 g/mol. The third kappa shape index (κ3) is 7.90. The molecular formula is C25H28N4O5S. The zero-order valence-electron chi connectivity index (χ0n) is 19.3. The zero-order valence-corrected chi connectivity index (χ0v) is 20.2. The molecule has 0 spiro atoms. The molecule has 3 N–H and O–H groups in total. The molecule has 2 heterocycles. The van der Waals surface area contributed by atoms with Gasteiger partial charge in [0.2, 0.25) is 17.7 Å². The maximum absolute atomic E-state index is 13.4. The molecule has 10 heteroatoms. The van der Waals surface area contributed by atoms with Crippen LogP contribution in [0.25, 0.3) is 0 Å². The van der Waals surface area contributed by atoms with E-state index in [9.17, 15) is 19.5 Å². The summed E-state index contributed by atoms with van der Waals surface area (Å²) in [4.78, 5) is 45.5. The fraction of sp³-hybridized carbons (Fsp3) is 0.280. The molecule has 9 nitrogen and oxygen atoms in total. The summed E-state index contributed by atoms with van der Waals surface area (Å²) in [6.07, 6.45) is 1.40. The van der Waals surface area contributed by atoms with Gasteiger partial charge in [-0.25, -0.2) is 4.98 Å². The average Bonchev–Trinajstić information content (AvgIpc) is 3.37. The van der Waals surface area contributed by atoms with Crippen molar-refractivity contribution in [1.29, 1.82) is 0 Å². The minimum absolute atomic E-state index is 0.0506. The molecule has 0 bridgehead atoms. The van der Waals surface area contributed by atoms with Crippen LogP contribution in [0.15, 0.2) is 66.2 Å². The Morgan fingerprint density at radius 2 is 1.89 bits per heavy atom. The first-order valence-corrected chi connectivity index (χ1v) is 11.9. The number of aromatic hydroxyl groups is 1. The number of hydrogen-bond acceptors (Lipinski definition) is 7. The van der Waals surface area contributed by atoms with Crippen LogP contribution in [0.5, 0.6) is 5.75 Å². The number of rotatable bonds is 12. The number of benzene rings is 1. The second-order valence-corrected chi connectivity index (χ2v) is 8.67. The fourth-order valence-corrected chi connectivity index (χ4v) is 4.11. The number of methoxy groups -OCH3 is 1. The highest BCUT2D eigenvalue weighted by Crippen LogP contribution is 2.27. The number of anilines is 1. The molecule has 0 aliphatic carbocycles. The Balaban J connectivity index is 1.81. The summed E-state index contributed by atoms with van der Waals surface area (Å²) in [7, 11) is 1.53. The summed E-state index contributed by atoms with van der Waals surface area (Å²) in [5.41, 5.74) is 0.542. The number of carbonyl (C=O) groups excluding carboxylic acids is 3. The van der Waals surface area contributed by atoms with Crippen LogP contribution in [0.4, 0.5) is 5.82 Å². The number of hydrogen-bond donors (Lipinski definition) is 3. The third-order valence-electron chi connectivity index (χ3n) is 5.10. The van der Waals surface area contributed by atoms with E-state index in [0.29, 0.717) is 18.0 Å². The molecule has 0 radical (unpaired) electrons. The minimum atomic E-state index is -0.957. The van der Waals surface area contributed by atoms with E-state index in [1.165, 1.54) is 35.5 Å². The van der Waals surface area contributed by atoms with Crippen molar-refractivity contribution in [2.24, 2.45) is 0 Å². The van der Waals surface area contributed by atoms with Crippen LogP contribution in [0, 0.1) is 0 Å². The maximum atomic E-state index is 13.4. The second kappa shape index (κ2) is 13.2. The Morgan fingerprint density at radius 1 is 1.09 bits per heavy atom. The summed E-state index contributed by atoms with van der Waals surface area (Å²) in [5.74, 6) is -0.626. The van der Waals surface area contributed by atoms with Gasteiger partial charge in [-0.15, -0.1) is 11.3 Å². The quantitative estimate of drug-likeness (QED) is 0.332. The number of carbonyl (C=O) groups is 3. The van der Waals surface area contributed by atoms with Crippen molar-refractivity contribution in [2.75, 3.05) is 25.6 Å². The first-order valence-electron chi connectivity index (χ1n) is 11.1. The van der Waals surface area contributed by atoms with E-state index in [1.807, 2.05) is 17.5 Å². The lowest BCUT2D eigenvalue weighted by atomic mass is 10.0. The third-order valence-corrected chi connectivity index (χ3v) is 5.96. The molecule has 1 atom stereocenters. The Hall–Kier alpha value is -3.76. The number of thiophene rings is 1. The zero-order chi connectivity index (χ0) is 25.0. The van der Waals surface area contributed by atoms with E-state index in [4.69, 9.17) is 4.74 Å². The number of amides is 3. The van der Waals surface area contributed by atoms with Gasteiger partial charge < -0.3 is 25.4 Å². The Bertz CT molecular complexity index is 1090. The highest BCUT2D eigenvalue weighted by molar-refractivity contribution is 7.09. The molecule has 184 valence electrons. The van der Waals surface area contributed by atoms with E-state index in [-0.39, 0.29) is 49.4 Å². The molecule has 3 aromatic rings. The molecule has 0 aliphatic heterocycles. The molecule has 3 amide bonds. The van der Waals surface area contributed by atoms with Crippen molar-refractivity contribution in [3.63, 3.8) is 0 Å². The van der Waals surface area contributed by atoms with Crippen LogP contribution in [0.2, 0.25) is 0 Å². The highest BCUT2D eigenvalue weighted by atomic mass is 32.1. The Labute approximate surface area is 207 Å². The predicted molar refractivity (Wildman–Crippen MR) is 133 cm³/mol. The molecule has 1 aromatic carbocycles. The first-order chi connectivity index (χ1) is 17.0. The highest BCUT2D eigenvalue weighted by Gasteiger charge is 2.31. The first kappa shape index (κ1) is 25.9. The molecule has 1 unspecified atom stereocenters. The summed E-state index contributed by atoms with van der Waals surface area (Å²) in [5, 5.41) is 17.1. The largest absolute Gasteiger partial charge is 0.508 e. The molecule has 0 fully saturated rings. The topological polar surface area (TPSA) is 121 Å². The van der Waals surface area contributed by atoms with Crippen LogP contribution in [-0.2, 0) is 25.7 Å². The van der Waals surface area contributed by atoms with E-state index in [0.717, 1.165) is 4.88 Å². The molecule has 0 saturated heterocycles. The van der Waals surface area contributed by atoms with Gasteiger partial charge in [0.05, 0.1) is 13.2 Å².